The molecule has 0 spiro atoms. The van der Waals surface area contributed by atoms with Crippen molar-refractivity contribution in [2.75, 3.05) is 27.0 Å². The van der Waals surface area contributed by atoms with Crippen LogP contribution in [0.25, 0.3) is 0 Å². The monoisotopic (exact) mass is 189 g/mol. The zero-order valence-corrected chi connectivity index (χ0v) is 8.73. The first-order valence-electron chi connectivity index (χ1n) is 3.90. The second-order valence-electron chi connectivity index (χ2n) is 2.43. The zero-order valence-electron chi connectivity index (χ0n) is 7.58. The Hall–Kier alpha value is -0.483. The van der Waals surface area contributed by atoms with Crippen molar-refractivity contribution >= 4 is 15.1 Å². The van der Waals surface area contributed by atoms with Gasteiger partial charge in [0, 0.05) is 14.2 Å². The Balaban J connectivity index is 3.36. The van der Waals surface area contributed by atoms with E-state index in [1.165, 1.54) is 6.08 Å². The second-order valence-corrected chi connectivity index (χ2v) is 5.05. The molecule has 0 saturated heterocycles. The van der Waals surface area contributed by atoms with Gasteiger partial charge in [-0.05, 0) is 12.5 Å². The molecule has 0 aromatic rings. The van der Waals surface area contributed by atoms with Crippen LogP contribution < -0.4 is 0 Å². The molecule has 0 fully saturated rings. The predicted octanol–water partition coefficient (Wildman–Crippen LogP) is 0.268. The summed E-state index contributed by atoms with van der Waals surface area (Å²) in [6.45, 7) is 0.556. The van der Waals surface area contributed by atoms with Gasteiger partial charge in [0.05, 0.1) is 12.8 Å². The fraction of sp³-hybridized carbons (Fsp3) is 0.857. The first-order chi connectivity index (χ1) is 5.85. The quantitative estimate of drug-likeness (QED) is 0.250. The van der Waals surface area contributed by atoms with E-state index in [9.17, 15) is 4.79 Å². The zero-order chi connectivity index (χ0) is 9.23. The van der Waals surface area contributed by atoms with Gasteiger partial charge in [0.15, 0.2) is 0 Å². The van der Waals surface area contributed by atoms with Gasteiger partial charge in [-0.3, -0.25) is 0 Å². The molecule has 5 heteroatoms. The van der Waals surface area contributed by atoms with E-state index in [0.29, 0.717) is 6.54 Å². The van der Waals surface area contributed by atoms with E-state index in [2.05, 4.69) is 4.99 Å². The highest BCUT2D eigenvalue weighted by molar-refractivity contribution is 6.51. The molecule has 4 nitrogen and oxygen atoms in total. The molecule has 0 N–H and O–H groups in total. The van der Waals surface area contributed by atoms with Crippen molar-refractivity contribution in [1.29, 1.82) is 0 Å². The van der Waals surface area contributed by atoms with Crippen LogP contribution in [0, 0.1) is 0 Å². The van der Waals surface area contributed by atoms with Crippen molar-refractivity contribution in [2.45, 2.75) is 12.5 Å². The molecule has 70 valence electrons. The van der Waals surface area contributed by atoms with Crippen LogP contribution in [-0.4, -0.2) is 42.1 Å². The summed E-state index contributed by atoms with van der Waals surface area (Å²) in [6.07, 6.45) is 3.13. The average Bonchev–Trinajstić information content (AvgIpc) is 2.10. The minimum Gasteiger partial charge on any atom is -0.421 e. The third kappa shape index (κ3) is 6.24. The lowest BCUT2D eigenvalue weighted by Crippen LogP contribution is -2.22. The molecule has 12 heavy (non-hydrogen) atoms. The lowest BCUT2D eigenvalue weighted by atomic mass is 10.5. The van der Waals surface area contributed by atoms with Gasteiger partial charge >= 0.3 is 0 Å². The largest absolute Gasteiger partial charge is 0.421 e. The van der Waals surface area contributed by atoms with Crippen molar-refractivity contribution in [1.82, 2.24) is 0 Å². The van der Waals surface area contributed by atoms with E-state index in [-0.39, 0.29) is 0 Å². The van der Waals surface area contributed by atoms with E-state index >= 15 is 0 Å². The van der Waals surface area contributed by atoms with E-state index in [1.54, 1.807) is 14.2 Å². The molecular formula is C7H15NO3Si. The fourth-order valence-electron chi connectivity index (χ4n) is 0.899. The molecule has 1 unspecified atom stereocenters. The van der Waals surface area contributed by atoms with Crippen molar-refractivity contribution in [2.24, 2.45) is 4.99 Å². The molecule has 0 heterocycles. The lowest BCUT2D eigenvalue weighted by Gasteiger charge is -2.10. The SMILES string of the molecule is COC[SiH](CCCN=C=O)OC. The maximum atomic E-state index is 9.71. The van der Waals surface area contributed by atoms with Crippen molar-refractivity contribution < 1.29 is 14.0 Å². The van der Waals surface area contributed by atoms with Crippen LogP contribution in [0.2, 0.25) is 6.04 Å². The van der Waals surface area contributed by atoms with Gasteiger partial charge < -0.3 is 9.16 Å². The molecule has 0 radical (unpaired) electrons. The topological polar surface area (TPSA) is 47.9 Å². The van der Waals surface area contributed by atoms with Gasteiger partial charge in [-0.2, -0.15) is 0 Å². The summed E-state index contributed by atoms with van der Waals surface area (Å²) in [6, 6.07) is 0.996. The molecule has 0 rings (SSSR count). The fourth-order valence-corrected chi connectivity index (χ4v) is 2.45. The van der Waals surface area contributed by atoms with Gasteiger partial charge in [-0.15, -0.1) is 0 Å². The highest BCUT2D eigenvalue weighted by Gasteiger charge is 2.08. The van der Waals surface area contributed by atoms with Crippen LogP contribution in [0.15, 0.2) is 4.99 Å². The normalized spacial score (nSPS) is 12.2. The minimum absolute atomic E-state index is 0.556. The number of methoxy groups -OCH3 is 1. The van der Waals surface area contributed by atoms with Crippen LogP contribution in [-0.2, 0) is 14.0 Å². The van der Waals surface area contributed by atoms with Gasteiger partial charge in [0.25, 0.3) is 0 Å². The van der Waals surface area contributed by atoms with Crippen LogP contribution in [0.3, 0.4) is 0 Å². The molecule has 0 amide bonds. The molecule has 0 saturated carbocycles. The standard InChI is InChI=1S/C7H15NO3Si/c1-10-7-12(11-2)5-3-4-8-6-9/h12H,3-5,7H2,1-2H3. The molecular weight excluding hydrogens is 174 g/mol. The first-order valence-corrected chi connectivity index (χ1v) is 6.01. The molecule has 0 aliphatic rings. The maximum Gasteiger partial charge on any atom is 0.234 e. The number of carbonyl (C=O) groups excluding carboxylic acids is 1. The van der Waals surface area contributed by atoms with E-state index in [4.69, 9.17) is 9.16 Å². The van der Waals surface area contributed by atoms with Crippen molar-refractivity contribution in [3.63, 3.8) is 0 Å². The summed E-state index contributed by atoms with van der Waals surface area (Å²) in [7, 11) is 2.21. The third-order valence-electron chi connectivity index (χ3n) is 1.55. The van der Waals surface area contributed by atoms with Gasteiger partial charge in [0.2, 0.25) is 15.1 Å². The number of hydrogen-bond acceptors (Lipinski definition) is 4. The van der Waals surface area contributed by atoms with E-state index in [1.807, 2.05) is 0 Å². The number of nitrogens with zero attached hydrogens (tertiary/aromatic N) is 1. The lowest BCUT2D eigenvalue weighted by molar-refractivity contribution is 0.229. The summed E-state index contributed by atoms with van der Waals surface area (Å²) in [5.41, 5.74) is 0. The predicted molar refractivity (Wildman–Crippen MR) is 48.4 cm³/mol. The summed E-state index contributed by atoms with van der Waals surface area (Å²) in [5, 5.41) is 0. The van der Waals surface area contributed by atoms with Gasteiger partial charge in [0.1, 0.15) is 0 Å². The van der Waals surface area contributed by atoms with E-state index in [0.717, 1.165) is 18.7 Å². The summed E-state index contributed by atoms with van der Waals surface area (Å²) in [5.74, 6) is 0. The number of aliphatic imine (C=N–C) groups is 1. The minimum atomic E-state index is -1.17. The number of rotatable bonds is 7. The summed E-state index contributed by atoms with van der Waals surface area (Å²) in [4.78, 5) is 13.2. The molecule has 1 atom stereocenters. The van der Waals surface area contributed by atoms with Crippen LogP contribution >= 0.6 is 0 Å². The molecule has 0 aliphatic heterocycles. The van der Waals surface area contributed by atoms with Gasteiger partial charge in [-0.25, -0.2) is 9.79 Å². The number of hydrogen-bond donors (Lipinski definition) is 0. The second kappa shape index (κ2) is 8.61. The average molecular weight is 189 g/mol. The Kier molecular flexibility index (Phi) is 8.27. The smallest absolute Gasteiger partial charge is 0.234 e. The van der Waals surface area contributed by atoms with Crippen molar-refractivity contribution in [3.8, 4) is 0 Å². The first kappa shape index (κ1) is 11.5. The molecule has 0 aliphatic carbocycles. The van der Waals surface area contributed by atoms with Gasteiger partial charge in [-0.1, -0.05) is 0 Å². The Morgan fingerprint density at radius 1 is 1.50 bits per heavy atom. The van der Waals surface area contributed by atoms with Crippen LogP contribution in [0.5, 0.6) is 0 Å². The Bertz CT molecular complexity index is 148. The molecule has 0 aromatic carbocycles. The number of isocyanates is 1. The summed E-state index contributed by atoms with van der Waals surface area (Å²) < 4.78 is 10.2. The third-order valence-corrected chi connectivity index (χ3v) is 3.97. The maximum absolute atomic E-state index is 9.71. The highest BCUT2D eigenvalue weighted by atomic mass is 28.3. The Labute approximate surface area is 74.3 Å². The Morgan fingerprint density at radius 2 is 2.25 bits per heavy atom. The van der Waals surface area contributed by atoms with Crippen LogP contribution in [0.4, 0.5) is 0 Å². The Morgan fingerprint density at radius 3 is 2.75 bits per heavy atom. The van der Waals surface area contributed by atoms with Crippen LogP contribution in [0.1, 0.15) is 6.42 Å². The highest BCUT2D eigenvalue weighted by Crippen LogP contribution is 1.98. The number of ether oxygens (including phenoxy) is 1. The summed E-state index contributed by atoms with van der Waals surface area (Å²) >= 11 is 0. The molecule has 0 bridgehead atoms. The van der Waals surface area contributed by atoms with E-state index < -0.39 is 9.04 Å². The molecule has 0 aromatic heterocycles. The van der Waals surface area contributed by atoms with Crippen molar-refractivity contribution in [3.05, 3.63) is 0 Å².